The Labute approximate surface area is 116 Å². The molecule has 0 bridgehead atoms. The molecule has 1 aromatic carbocycles. The van der Waals surface area contributed by atoms with Crippen molar-refractivity contribution in [1.29, 1.82) is 0 Å². The minimum Gasteiger partial charge on any atom is -0.245 e. The van der Waals surface area contributed by atoms with E-state index in [1.165, 1.54) is 0 Å². The molecule has 1 aliphatic carbocycles. The van der Waals surface area contributed by atoms with E-state index in [9.17, 15) is 8.60 Å². The zero-order chi connectivity index (χ0) is 14.2. The van der Waals surface area contributed by atoms with Crippen LogP contribution in [0.1, 0.15) is 43.5 Å². The molecule has 1 aromatic rings. The summed E-state index contributed by atoms with van der Waals surface area (Å²) >= 11 is 0. The van der Waals surface area contributed by atoms with E-state index >= 15 is 0 Å². The monoisotopic (exact) mass is 281 g/mol. The minimum atomic E-state index is -1.27. The average Bonchev–Trinajstić information content (AvgIpc) is 2.63. The first-order valence-electron chi connectivity index (χ1n) is 6.40. The van der Waals surface area contributed by atoms with Crippen LogP contribution in [-0.2, 0) is 17.4 Å². The smallest absolute Gasteiger partial charge is 0.124 e. The summed E-state index contributed by atoms with van der Waals surface area (Å²) in [6.45, 7) is 9.34. The Morgan fingerprint density at radius 2 is 2.16 bits per heavy atom. The SMILES string of the molecule is C=Cc1ccc2c(c1)CC(F)[C@@H]2NS(=O)C(C)(C)C. The van der Waals surface area contributed by atoms with Crippen LogP contribution in [0.15, 0.2) is 24.8 Å². The highest BCUT2D eigenvalue weighted by atomic mass is 32.2. The predicted octanol–water partition coefficient (Wildman–Crippen LogP) is 3.32. The van der Waals surface area contributed by atoms with Gasteiger partial charge in [0.25, 0.3) is 0 Å². The Kier molecular flexibility index (Phi) is 3.92. The van der Waals surface area contributed by atoms with Crippen molar-refractivity contribution in [1.82, 2.24) is 4.72 Å². The van der Waals surface area contributed by atoms with E-state index in [1.54, 1.807) is 6.08 Å². The van der Waals surface area contributed by atoms with Crippen molar-refractivity contribution in [2.75, 3.05) is 0 Å². The lowest BCUT2D eigenvalue weighted by Gasteiger charge is -2.23. The third-order valence-electron chi connectivity index (χ3n) is 3.30. The van der Waals surface area contributed by atoms with Crippen LogP contribution in [0.2, 0.25) is 0 Å². The summed E-state index contributed by atoms with van der Waals surface area (Å²) in [5.74, 6) is 0. The Morgan fingerprint density at radius 1 is 1.47 bits per heavy atom. The lowest BCUT2D eigenvalue weighted by atomic mass is 10.1. The van der Waals surface area contributed by atoms with Crippen LogP contribution in [0, 0.1) is 0 Å². The number of nitrogens with one attached hydrogen (secondary N) is 1. The molecule has 104 valence electrons. The third kappa shape index (κ3) is 2.95. The summed E-state index contributed by atoms with van der Waals surface area (Å²) < 4.78 is 28.8. The summed E-state index contributed by atoms with van der Waals surface area (Å²) in [7, 11) is -1.27. The highest BCUT2D eigenvalue weighted by Gasteiger charge is 2.35. The van der Waals surface area contributed by atoms with Crippen LogP contribution < -0.4 is 4.72 Å². The topological polar surface area (TPSA) is 29.1 Å². The number of rotatable bonds is 3. The molecule has 0 spiro atoms. The third-order valence-corrected chi connectivity index (χ3v) is 4.88. The van der Waals surface area contributed by atoms with Crippen LogP contribution >= 0.6 is 0 Å². The van der Waals surface area contributed by atoms with Crippen molar-refractivity contribution in [2.45, 2.75) is 44.2 Å². The van der Waals surface area contributed by atoms with Crippen molar-refractivity contribution in [2.24, 2.45) is 0 Å². The van der Waals surface area contributed by atoms with Gasteiger partial charge in [-0.1, -0.05) is 30.9 Å². The molecular formula is C15H20FNOS. The van der Waals surface area contributed by atoms with Gasteiger partial charge in [-0.25, -0.2) is 13.3 Å². The molecule has 0 aromatic heterocycles. The van der Waals surface area contributed by atoms with Crippen molar-refractivity contribution < 1.29 is 8.60 Å². The molecule has 2 nitrogen and oxygen atoms in total. The predicted molar refractivity (Wildman–Crippen MR) is 78.9 cm³/mol. The van der Waals surface area contributed by atoms with E-state index in [0.717, 1.165) is 16.7 Å². The van der Waals surface area contributed by atoms with Crippen molar-refractivity contribution in [3.8, 4) is 0 Å². The maximum Gasteiger partial charge on any atom is 0.124 e. The summed E-state index contributed by atoms with van der Waals surface area (Å²) in [6.07, 6.45) is 1.10. The molecule has 1 aliphatic rings. The normalized spacial score (nSPS) is 24.0. The van der Waals surface area contributed by atoms with Gasteiger partial charge in [-0.05, 0) is 37.5 Å². The van der Waals surface area contributed by atoms with Gasteiger partial charge in [-0.3, -0.25) is 0 Å². The van der Waals surface area contributed by atoms with Crippen molar-refractivity contribution in [3.63, 3.8) is 0 Å². The van der Waals surface area contributed by atoms with Crippen LogP contribution in [0.3, 0.4) is 0 Å². The molecule has 2 rings (SSSR count). The standard InChI is InChI=1S/C15H20FNOS/c1-5-10-6-7-12-11(8-10)9-13(16)14(12)17-19(18)15(2,3)4/h5-8,13-14,17H,1,9H2,2-4H3/t13?,14-,19?/m1/s1. The van der Waals surface area contributed by atoms with Gasteiger partial charge in [0.1, 0.15) is 6.17 Å². The highest BCUT2D eigenvalue weighted by molar-refractivity contribution is 7.84. The number of halogens is 1. The molecule has 0 saturated heterocycles. The zero-order valence-electron chi connectivity index (χ0n) is 11.6. The molecule has 19 heavy (non-hydrogen) atoms. The molecule has 0 amide bonds. The average molecular weight is 281 g/mol. The van der Waals surface area contributed by atoms with Gasteiger partial charge in [0, 0.05) is 6.42 Å². The lowest BCUT2D eigenvalue weighted by Crippen LogP contribution is -2.37. The van der Waals surface area contributed by atoms with Gasteiger partial charge in [-0.2, -0.15) is 0 Å². The van der Waals surface area contributed by atoms with Gasteiger partial charge < -0.3 is 0 Å². The Bertz CT molecular complexity index is 521. The van der Waals surface area contributed by atoms with Crippen LogP contribution in [0.5, 0.6) is 0 Å². The number of alkyl halides is 1. The van der Waals surface area contributed by atoms with Gasteiger partial charge >= 0.3 is 0 Å². The summed E-state index contributed by atoms with van der Waals surface area (Å²) in [5, 5.41) is 0. The van der Waals surface area contributed by atoms with Crippen molar-refractivity contribution in [3.05, 3.63) is 41.5 Å². The quantitative estimate of drug-likeness (QED) is 0.905. The second-order valence-electron chi connectivity index (χ2n) is 5.86. The maximum absolute atomic E-state index is 14.1. The highest BCUT2D eigenvalue weighted by Crippen LogP contribution is 2.35. The zero-order valence-corrected chi connectivity index (χ0v) is 12.4. The van der Waals surface area contributed by atoms with Gasteiger partial charge in [0.05, 0.1) is 21.8 Å². The van der Waals surface area contributed by atoms with Crippen LogP contribution in [-0.4, -0.2) is 15.1 Å². The molecule has 0 saturated carbocycles. The molecular weight excluding hydrogens is 261 g/mol. The molecule has 0 fully saturated rings. The largest absolute Gasteiger partial charge is 0.245 e. The first-order valence-corrected chi connectivity index (χ1v) is 7.55. The Morgan fingerprint density at radius 3 is 2.74 bits per heavy atom. The fraction of sp³-hybridized carbons (Fsp3) is 0.467. The van der Waals surface area contributed by atoms with E-state index in [4.69, 9.17) is 0 Å². The van der Waals surface area contributed by atoms with Crippen LogP contribution in [0.25, 0.3) is 6.08 Å². The maximum atomic E-state index is 14.1. The molecule has 3 atom stereocenters. The lowest BCUT2D eigenvalue weighted by molar-refractivity contribution is 0.291. The fourth-order valence-electron chi connectivity index (χ4n) is 2.18. The minimum absolute atomic E-state index is 0.371. The van der Waals surface area contributed by atoms with E-state index in [0.29, 0.717) is 6.42 Å². The van der Waals surface area contributed by atoms with E-state index in [-0.39, 0.29) is 0 Å². The van der Waals surface area contributed by atoms with E-state index in [1.807, 2.05) is 39.0 Å². The number of hydrogen-bond donors (Lipinski definition) is 1. The van der Waals surface area contributed by atoms with E-state index < -0.39 is 27.9 Å². The Balaban J connectivity index is 2.25. The van der Waals surface area contributed by atoms with Crippen LogP contribution in [0.4, 0.5) is 4.39 Å². The van der Waals surface area contributed by atoms with Gasteiger partial charge in [0.15, 0.2) is 0 Å². The molecule has 1 N–H and O–H groups in total. The second kappa shape index (κ2) is 5.17. The fourth-order valence-corrected chi connectivity index (χ4v) is 3.04. The first kappa shape index (κ1) is 14.4. The molecule has 0 heterocycles. The van der Waals surface area contributed by atoms with Gasteiger partial charge in [-0.15, -0.1) is 0 Å². The van der Waals surface area contributed by atoms with E-state index in [2.05, 4.69) is 11.3 Å². The summed E-state index contributed by atoms with van der Waals surface area (Å²) in [4.78, 5) is 0. The molecule has 2 unspecified atom stereocenters. The molecule has 0 aliphatic heterocycles. The summed E-state index contributed by atoms with van der Waals surface area (Å²) in [5.41, 5.74) is 2.88. The summed E-state index contributed by atoms with van der Waals surface area (Å²) in [6, 6.07) is 5.30. The Hall–Kier alpha value is -1.00. The van der Waals surface area contributed by atoms with Crippen molar-refractivity contribution >= 4 is 17.1 Å². The first-order chi connectivity index (χ1) is 8.82. The molecule has 0 radical (unpaired) electrons. The number of benzene rings is 1. The molecule has 4 heteroatoms. The number of hydrogen-bond acceptors (Lipinski definition) is 1. The van der Waals surface area contributed by atoms with Gasteiger partial charge in [0.2, 0.25) is 0 Å². The number of fused-ring (bicyclic) bond motifs is 1. The second-order valence-corrected chi connectivity index (χ2v) is 7.86.